The zero-order valence-electron chi connectivity index (χ0n) is 20.3. The number of imidazole rings is 1. The van der Waals surface area contributed by atoms with E-state index in [-0.39, 0.29) is 42.4 Å². The Morgan fingerprint density at radius 1 is 0.892 bits per heavy atom. The molecule has 7 heteroatoms. The average molecular weight is 494 g/mol. The summed E-state index contributed by atoms with van der Waals surface area (Å²) >= 11 is 0. The van der Waals surface area contributed by atoms with E-state index < -0.39 is 0 Å². The summed E-state index contributed by atoms with van der Waals surface area (Å²) in [5, 5.41) is 0. The summed E-state index contributed by atoms with van der Waals surface area (Å²) in [5.74, 6) is -0.0962. The third-order valence-corrected chi connectivity index (χ3v) is 8.11. The van der Waals surface area contributed by atoms with E-state index in [1.807, 2.05) is 58.0 Å². The molecule has 4 heterocycles. The van der Waals surface area contributed by atoms with Gasteiger partial charge in [0.1, 0.15) is 17.9 Å². The van der Waals surface area contributed by atoms with Crippen LogP contribution in [0, 0.1) is 5.92 Å². The fourth-order valence-corrected chi connectivity index (χ4v) is 6.42. The van der Waals surface area contributed by atoms with Gasteiger partial charge in [-0.25, -0.2) is 9.78 Å². The number of carbonyl (C=O) groups is 2. The fourth-order valence-electron chi connectivity index (χ4n) is 6.42. The molecule has 7 rings (SSSR count). The Morgan fingerprint density at radius 2 is 1.54 bits per heavy atom. The molecule has 4 aromatic rings. The average Bonchev–Trinajstić information content (AvgIpc) is 3.50. The Morgan fingerprint density at radius 3 is 2.24 bits per heavy atom. The normalized spacial score (nSPS) is 22.5. The topological polar surface area (TPSA) is 73.1 Å². The number of ketones is 1. The van der Waals surface area contributed by atoms with E-state index in [4.69, 9.17) is 9.47 Å². The zero-order valence-corrected chi connectivity index (χ0v) is 20.3. The largest absolute Gasteiger partial charge is 0.448 e. The maximum Gasteiger partial charge on any atom is 0.410 e. The smallest absolute Gasteiger partial charge is 0.410 e. The van der Waals surface area contributed by atoms with Crippen LogP contribution in [0.3, 0.4) is 0 Å². The van der Waals surface area contributed by atoms with Crippen molar-refractivity contribution in [2.75, 3.05) is 19.8 Å². The predicted molar refractivity (Wildman–Crippen MR) is 138 cm³/mol. The number of nitrogens with zero attached hydrogens (tertiary/aromatic N) is 3. The summed E-state index contributed by atoms with van der Waals surface area (Å²) in [6.07, 6.45) is 4.31. The maximum atomic E-state index is 13.5. The van der Waals surface area contributed by atoms with E-state index in [0.717, 1.165) is 5.65 Å². The number of morpholine rings is 1. The third-order valence-electron chi connectivity index (χ3n) is 8.11. The molecule has 0 N–H and O–H groups in total. The minimum absolute atomic E-state index is 0.0155. The first-order valence-corrected chi connectivity index (χ1v) is 12.9. The zero-order chi connectivity index (χ0) is 24.9. The van der Waals surface area contributed by atoms with Gasteiger partial charge in [-0.15, -0.1) is 0 Å². The Kier molecular flexibility index (Phi) is 5.32. The lowest BCUT2D eigenvalue weighted by Gasteiger charge is -2.47. The molecule has 1 aliphatic carbocycles. The molecule has 0 spiro atoms. The molecule has 2 aliphatic heterocycles. The van der Waals surface area contributed by atoms with Crippen molar-refractivity contribution in [1.29, 1.82) is 0 Å². The molecule has 2 fully saturated rings. The molecule has 2 atom stereocenters. The monoisotopic (exact) mass is 493 g/mol. The van der Waals surface area contributed by atoms with Crippen LogP contribution in [-0.4, -0.2) is 58.1 Å². The van der Waals surface area contributed by atoms with Crippen LogP contribution in [0.25, 0.3) is 16.8 Å². The van der Waals surface area contributed by atoms with Crippen molar-refractivity contribution in [3.05, 3.63) is 95.9 Å². The lowest BCUT2D eigenvalue weighted by molar-refractivity contribution is -0.0748. The molecule has 0 saturated carbocycles. The highest BCUT2D eigenvalue weighted by Crippen LogP contribution is 2.44. The van der Waals surface area contributed by atoms with Crippen LogP contribution in [-0.2, 0) is 9.47 Å². The number of piperidine rings is 1. The Labute approximate surface area is 214 Å². The van der Waals surface area contributed by atoms with E-state index in [1.165, 1.54) is 22.3 Å². The van der Waals surface area contributed by atoms with Crippen LogP contribution < -0.4 is 0 Å². The first-order valence-electron chi connectivity index (χ1n) is 12.9. The number of amides is 1. The highest BCUT2D eigenvalue weighted by molar-refractivity contribution is 5.97. The van der Waals surface area contributed by atoms with Gasteiger partial charge in [0, 0.05) is 18.0 Å². The maximum absolute atomic E-state index is 13.5. The van der Waals surface area contributed by atoms with Crippen molar-refractivity contribution in [1.82, 2.24) is 14.3 Å². The van der Waals surface area contributed by atoms with Crippen molar-refractivity contribution in [3.63, 3.8) is 0 Å². The van der Waals surface area contributed by atoms with Crippen molar-refractivity contribution >= 4 is 17.5 Å². The first-order chi connectivity index (χ1) is 18.2. The first kappa shape index (κ1) is 22.2. The van der Waals surface area contributed by atoms with E-state index in [0.29, 0.717) is 31.7 Å². The molecular weight excluding hydrogens is 466 g/mol. The number of hydrogen-bond donors (Lipinski definition) is 0. The summed E-state index contributed by atoms with van der Waals surface area (Å²) in [6.45, 7) is 1.11. The van der Waals surface area contributed by atoms with Gasteiger partial charge in [-0.05, 0) is 47.2 Å². The molecule has 2 aromatic heterocycles. The van der Waals surface area contributed by atoms with Gasteiger partial charge < -0.3 is 9.47 Å². The highest BCUT2D eigenvalue weighted by atomic mass is 16.6. The highest BCUT2D eigenvalue weighted by Gasteiger charge is 2.45. The number of pyridine rings is 1. The minimum Gasteiger partial charge on any atom is -0.448 e. The second-order valence-corrected chi connectivity index (χ2v) is 10.2. The Bertz CT molecular complexity index is 1450. The summed E-state index contributed by atoms with van der Waals surface area (Å²) < 4.78 is 13.6. The molecule has 0 radical (unpaired) electrons. The SMILES string of the molecule is O=C(c1cnc2ccccn12)C1CC2COCC(C1)N2C(=O)OCC1c2ccccc2-c2ccccc21. The van der Waals surface area contributed by atoms with Crippen LogP contribution in [0.5, 0.6) is 0 Å². The quantitative estimate of drug-likeness (QED) is 0.377. The molecule has 37 heavy (non-hydrogen) atoms. The van der Waals surface area contributed by atoms with Gasteiger partial charge in [0.25, 0.3) is 0 Å². The molecule has 7 nitrogen and oxygen atoms in total. The molecule has 2 aromatic carbocycles. The molecular formula is C30H27N3O4. The van der Waals surface area contributed by atoms with Crippen molar-refractivity contribution in [2.45, 2.75) is 30.8 Å². The summed E-state index contributed by atoms with van der Waals surface area (Å²) in [7, 11) is 0. The summed E-state index contributed by atoms with van der Waals surface area (Å²) in [5.41, 5.74) is 6.14. The number of hydrogen-bond acceptors (Lipinski definition) is 5. The Balaban J connectivity index is 1.08. The molecule has 186 valence electrons. The number of aromatic nitrogens is 2. The van der Waals surface area contributed by atoms with Crippen molar-refractivity contribution in [3.8, 4) is 11.1 Å². The fraction of sp³-hybridized carbons (Fsp3) is 0.300. The number of ether oxygens (including phenoxy) is 2. The second kappa shape index (κ2) is 8.85. The van der Waals surface area contributed by atoms with Crippen LogP contribution in [0.4, 0.5) is 4.79 Å². The van der Waals surface area contributed by atoms with Gasteiger partial charge >= 0.3 is 6.09 Å². The number of benzene rings is 2. The van der Waals surface area contributed by atoms with Gasteiger partial charge in [-0.2, -0.15) is 0 Å². The van der Waals surface area contributed by atoms with Gasteiger partial charge in [-0.3, -0.25) is 14.1 Å². The van der Waals surface area contributed by atoms with E-state index >= 15 is 0 Å². The van der Waals surface area contributed by atoms with Gasteiger partial charge in [-0.1, -0.05) is 54.6 Å². The van der Waals surface area contributed by atoms with Crippen LogP contribution >= 0.6 is 0 Å². The number of fused-ring (bicyclic) bond motifs is 6. The van der Waals surface area contributed by atoms with E-state index in [9.17, 15) is 9.59 Å². The number of Topliss-reactive ketones (excluding diaryl/α,β-unsaturated/α-hetero) is 1. The van der Waals surface area contributed by atoms with Gasteiger partial charge in [0.05, 0.1) is 31.5 Å². The molecule has 3 aliphatic rings. The number of carbonyl (C=O) groups excluding carboxylic acids is 2. The summed E-state index contributed by atoms with van der Waals surface area (Å²) in [6, 6.07) is 22.0. The minimum atomic E-state index is -0.319. The molecule has 2 bridgehead atoms. The summed E-state index contributed by atoms with van der Waals surface area (Å²) in [4.78, 5) is 33.1. The number of rotatable bonds is 4. The standard InChI is InChI=1S/C30H27N3O4/c34-29(27-15-31-28-11-5-6-12-32(27)28)19-13-20-16-36-17-21(14-19)33(20)30(35)37-18-26-24-9-3-1-7-22(24)23-8-2-4-10-25(23)26/h1-12,15,19-21,26H,13-14,16-18H2. The van der Waals surface area contributed by atoms with Crippen LogP contribution in [0.1, 0.15) is 40.4 Å². The Hall–Kier alpha value is -3.97. The third kappa shape index (κ3) is 3.64. The van der Waals surface area contributed by atoms with Crippen LogP contribution in [0.2, 0.25) is 0 Å². The van der Waals surface area contributed by atoms with Gasteiger partial charge in [0.2, 0.25) is 0 Å². The molecule has 2 saturated heterocycles. The molecule has 2 unspecified atom stereocenters. The van der Waals surface area contributed by atoms with Gasteiger partial charge in [0.15, 0.2) is 5.78 Å². The second-order valence-electron chi connectivity index (χ2n) is 10.2. The van der Waals surface area contributed by atoms with Crippen molar-refractivity contribution < 1.29 is 19.1 Å². The van der Waals surface area contributed by atoms with Crippen molar-refractivity contribution in [2.24, 2.45) is 5.92 Å². The predicted octanol–water partition coefficient (Wildman–Crippen LogP) is 4.95. The van der Waals surface area contributed by atoms with E-state index in [1.54, 1.807) is 6.20 Å². The lowest BCUT2D eigenvalue weighted by Crippen LogP contribution is -2.60. The molecule has 1 amide bonds. The van der Waals surface area contributed by atoms with Crippen LogP contribution in [0.15, 0.2) is 79.1 Å². The lowest BCUT2D eigenvalue weighted by atomic mass is 9.82. The van der Waals surface area contributed by atoms with E-state index in [2.05, 4.69) is 29.2 Å².